The second-order valence-corrected chi connectivity index (χ2v) is 11.5. The average molecular weight is 351 g/mol. The van der Waals surface area contributed by atoms with Crippen LogP contribution in [0.15, 0.2) is 30.3 Å². The fourth-order valence-corrected chi connectivity index (χ4v) is 8.93. The minimum absolute atomic E-state index is 0.266. The molecule has 2 heteroatoms. The smallest absolute Gasteiger partial charge is 0.0115 e. The molecular weight excluding hydrogens is 316 g/mol. The van der Waals surface area contributed by atoms with E-state index < -0.39 is 0 Å². The topological polar surface area (TPSA) is 29.3 Å². The maximum absolute atomic E-state index is 6.41. The number of nitrogens with two attached hydrogens (primary N) is 1. The summed E-state index contributed by atoms with van der Waals surface area (Å²) in [6.07, 6.45) is 8.68. The van der Waals surface area contributed by atoms with Crippen LogP contribution >= 0.6 is 0 Å². The van der Waals surface area contributed by atoms with Gasteiger partial charge in [0.1, 0.15) is 0 Å². The number of benzene rings is 1. The van der Waals surface area contributed by atoms with Crippen LogP contribution in [-0.2, 0) is 5.41 Å². The summed E-state index contributed by atoms with van der Waals surface area (Å²) in [6, 6.07) is 12.0. The largest absolute Gasteiger partial charge is 0.327 e. The van der Waals surface area contributed by atoms with Crippen molar-refractivity contribution in [3.63, 3.8) is 0 Å². The van der Waals surface area contributed by atoms with Gasteiger partial charge in [-0.3, -0.25) is 0 Å². The van der Waals surface area contributed by atoms with Crippen LogP contribution in [0.5, 0.6) is 0 Å². The summed E-state index contributed by atoms with van der Waals surface area (Å²) in [5, 5.41) is 0. The lowest BCUT2D eigenvalue weighted by atomic mass is 9.30. The number of piperidine rings is 1. The van der Waals surface area contributed by atoms with Gasteiger partial charge in [0, 0.05) is 24.5 Å². The highest BCUT2D eigenvalue weighted by Gasteiger charge is 2.83. The average Bonchev–Trinajstić information content (AvgIpc) is 3.03. The van der Waals surface area contributed by atoms with Gasteiger partial charge >= 0.3 is 0 Å². The van der Waals surface area contributed by atoms with Crippen molar-refractivity contribution in [2.24, 2.45) is 33.8 Å². The Hall–Kier alpha value is -0.860. The van der Waals surface area contributed by atoms with Crippen LogP contribution in [0, 0.1) is 28.1 Å². The third-order valence-electron chi connectivity index (χ3n) is 9.81. The number of hydrogen-bond donors (Lipinski definition) is 1. The molecule has 1 heterocycles. The van der Waals surface area contributed by atoms with E-state index in [9.17, 15) is 0 Å². The summed E-state index contributed by atoms with van der Waals surface area (Å²) in [7, 11) is 0. The first-order valence-corrected chi connectivity index (χ1v) is 10.9. The summed E-state index contributed by atoms with van der Waals surface area (Å²) in [5.74, 6) is 2.07. The highest BCUT2D eigenvalue weighted by molar-refractivity contribution is 5.45. The quantitative estimate of drug-likeness (QED) is 0.885. The lowest BCUT2D eigenvalue weighted by molar-refractivity contribution is -0.201. The van der Waals surface area contributed by atoms with Gasteiger partial charge in [-0.15, -0.1) is 0 Å². The van der Waals surface area contributed by atoms with E-state index in [1.807, 2.05) is 0 Å². The molecule has 6 rings (SSSR count). The van der Waals surface area contributed by atoms with Crippen LogP contribution in [0.25, 0.3) is 0 Å². The lowest BCUT2D eigenvalue weighted by Crippen LogP contribution is -2.69. The number of fused-ring (bicyclic) bond motifs is 1. The third kappa shape index (κ3) is 1.72. The molecule has 1 saturated heterocycles. The molecule has 26 heavy (non-hydrogen) atoms. The molecule has 5 fully saturated rings. The summed E-state index contributed by atoms with van der Waals surface area (Å²) >= 11 is 0. The lowest BCUT2D eigenvalue weighted by Gasteiger charge is -2.73. The zero-order valence-corrected chi connectivity index (χ0v) is 16.5. The summed E-state index contributed by atoms with van der Waals surface area (Å²) in [4.78, 5) is 2.79. The van der Waals surface area contributed by atoms with Crippen molar-refractivity contribution in [3.8, 4) is 0 Å². The van der Waals surface area contributed by atoms with Crippen molar-refractivity contribution >= 4 is 0 Å². The van der Waals surface area contributed by atoms with Gasteiger partial charge in [-0.1, -0.05) is 44.2 Å². The summed E-state index contributed by atoms with van der Waals surface area (Å²) in [6.45, 7) is 8.49. The Kier molecular flexibility index (Phi) is 2.95. The maximum atomic E-state index is 6.41. The molecule has 5 aliphatic rings. The first kappa shape index (κ1) is 16.1. The number of rotatable bonds is 3. The van der Waals surface area contributed by atoms with Crippen molar-refractivity contribution in [1.29, 1.82) is 0 Å². The van der Waals surface area contributed by atoms with Crippen LogP contribution in [0.4, 0.5) is 0 Å². The molecule has 1 spiro atoms. The summed E-state index contributed by atoms with van der Waals surface area (Å²) in [5.41, 5.74) is 10.2. The van der Waals surface area contributed by atoms with E-state index in [-0.39, 0.29) is 5.41 Å². The minimum Gasteiger partial charge on any atom is -0.327 e. The van der Waals surface area contributed by atoms with E-state index in [1.54, 1.807) is 5.56 Å². The van der Waals surface area contributed by atoms with Crippen LogP contribution in [0.1, 0.15) is 57.9 Å². The molecule has 1 aromatic rings. The van der Waals surface area contributed by atoms with E-state index >= 15 is 0 Å². The van der Waals surface area contributed by atoms with E-state index in [0.29, 0.717) is 22.3 Å². The zero-order valence-electron chi connectivity index (χ0n) is 16.5. The molecule has 6 atom stereocenters. The molecule has 2 bridgehead atoms. The maximum Gasteiger partial charge on any atom is 0.0115 e. The third-order valence-corrected chi connectivity index (χ3v) is 9.81. The van der Waals surface area contributed by atoms with Crippen molar-refractivity contribution in [1.82, 2.24) is 4.90 Å². The second kappa shape index (κ2) is 4.75. The SMILES string of the molecule is CC1(C)CN(CC23CC4CC5CC(c6ccccc6)(C2)C45C3)CCC1N. The predicted octanol–water partition coefficient (Wildman–Crippen LogP) is 4.19. The van der Waals surface area contributed by atoms with Gasteiger partial charge in [-0.2, -0.15) is 0 Å². The first-order chi connectivity index (χ1) is 12.4. The molecule has 6 unspecified atom stereocenters. The van der Waals surface area contributed by atoms with Crippen molar-refractivity contribution in [2.75, 3.05) is 19.6 Å². The monoisotopic (exact) mass is 350 g/mol. The van der Waals surface area contributed by atoms with Crippen LogP contribution in [0.2, 0.25) is 0 Å². The molecule has 1 aromatic carbocycles. The summed E-state index contributed by atoms with van der Waals surface area (Å²) < 4.78 is 0. The molecule has 0 amide bonds. The first-order valence-electron chi connectivity index (χ1n) is 10.9. The highest BCUT2D eigenvalue weighted by atomic mass is 15.2. The van der Waals surface area contributed by atoms with E-state index in [2.05, 4.69) is 49.1 Å². The van der Waals surface area contributed by atoms with Gasteiger partial charge in [-0.05, 0) is 78.7 Å². The van der Waals surface area contributed by atoms with E-state index in [0.717, 1.165) is 11.8 Å². The van der Waals surface area contributed by atoms with Crippen LogP contribution in [-0.4, -0.2) is 30.6 Å². The number of nitrogens with zero attached hydrogens (tertiary/aromatic N) is 1. The van der Waals surface area contributed by atoms with Crippen molar-refractivity contribution < 1.29 is 0 Å². The normalized spacial score (nSPS) is 50.8. The Morgan fingerprint density at radius 2 is 1.85 bits per heavy atom. The molecule has 2 nitrogen and oxygen atoms in total. The predicted molar refractivity (Wildman–Crippen MR) is 106 cm³/mol. The fourth-order valence-electron chi connectivity index (χ4n) is 8.93. The number of hydrogen-bond acceptors (Lipinski definition) is 2. The Labute approximate surface area is 158 Å². The molecular formula is C24H34N2. The minimum atomic E-state index is 0.266. The van der Waals surface area contributed by atoms with Gasteiger partial charge in [0.25, 0.3) is 0 Å². The highest BCUT2D eigenvalue weighted by Crippen LogP contribution is 2.89. The van der Waals surface area contributed by atoms with Gasteiger partial charge < -0.3 is 10.6 Å². The van der Waals surface area contributed by atoms with Crippen LogP contribution in [0.3, 0.4) is 0 Å². The van der Waals surface area contributed by atoms with Gasteiger partial charge in [-0.25, -0.2) is 0 Å². The Morgan fingerprint density at radius 3 is 2.58 bits per heavy atom. The Bertz CT molecular complexity index is 742. The Balaban J connectivity index is 1.31. The Morgan fingerprint density at radius 1 is 1.08 bits per heavy atom. The molecule has 0 aromatic heterocycles. The molecule has 2 N–H and O–H groups in total. The van der Waals surface area contributed by atoms with Gasteiger partial charge in [0.2, 0.25) is 0 Å². The fraction of sp³-hybridized carbons (Fsp3) is 0.750. The molecule has 4 saturated carbocycles. The van der Waals surface area contributed by atoms with Crippen molar-refractivity contribution in [2.45, 2.75) is 63.8 Å². The molecule has 140 valence electrons. The van der Waals surface area contributed by atoms with Gasteiger partial charge in [0.05, 0.1) is 0 Å². The van der Waals surface area contributed by atoms with E-state index in [1.165, 1.54) is 58.2 Å². The molecule has 1 aliphatic heterocycles. The standard InChI is InChI=1S/C24H34N2/c1-21(2)15-26(9-8-20(21)25)16-22-11-18-10-19-12-23(13-22,24(18,19)14-22)17-6-4-3-5-7-17/h3-7,18-20H,8-16,25H2,1-2H3. The number of likely N-dealkylation sites (tertiary alicyclic amines) is 1. The molecule has 0 radical (unpaired) electrons. The zero-order chi connectivity index (χ0) is 17.8. The van der Waals surface area contributed by atoms with Gasteiger partial charge in [0.15, 0.2) is 0 Å². The van der Waals surface area contributed by atoms with Crippen LogP contribution < -0.4 is 5.73 Å². The van der Waals surface area contributed by atoms with Crippen molar-refractivity contribution in [3.05, 3.63) is 35.9 Å². The molecule has 4 aliphatic carbocycles. The second-order valence-electron chi connectivity index (χ2n) is 11.5. The van der Waals surface area contributed by atoms with E-state index in [4.69, 9.17) is 5.73 Å².